The van der Waals surface area contributed by atoms with Gasteiger partial charge < -0.3 is 14.8 Å². The molecule has 2 rings (SSSR count). The molecule has 0 aromatic heterocycles. The van der Waals surface area contributed by atoms with Crippen LogP contribution in [0, 0.1) is 0 Å². The molecule has 1 N–H and O–H groups in total. The lowest BCUT2D eigenvalue weighted by Crippen LogP contribution is -2.06. The van der Waals surface area contributed by atoms with Crippen molar-refractivity contribution in [3.8, 4) is 22.6 Å². The third-order valence-corrected chi connectivity index (χ3v) is 3.24. The number of rotatable bonds is 7. The van der Waals surface area contributed by atoms with Gasteiger partial charge in [0.05, 0.1) is 13.2 Å². The number of ether oxygens (including phenoxy) is 2. The van der Waals surface area contributed by atoms with Gasteiger partial charge in [0.15, 0.2) is 11.5 Å². The first-order chi connectivity index (χ1) is 10.3. The van der Waals surface area contributed by atoms with Crippen LogP contribution < -0.4 is 14.8 Å². The van der Waals surface area contributed by atoms with E-state index in [1.54, 1.807) is 0 Å². The highest BCUT2D eigenvalue weighted by Gasteiger charge is 2.09. The van der Waals surface area contributed by atoms with Crippen molar-refractivity contribution >= 4 is 0 Å². The molecular formula is C18H23NO2. The van der Waals surface area contributed by atoms with E-state index in [-0.39, 0.29) is 0 Å². The molecule has 112 valence electrons. The molecule has 0 spiro atoms. The van der Waals surface area contributed by atoms with E-state index in [9.17, 15) is 0 Å². The Hall–Kier alpha value is -2.00. The minimum Gasteiger partial charge on any atom is -0.490 e. The van der Waals surface area contributed by atoms with E-state index < -0.39 is 0 Å². The van der Waals surface area contributed by atoms with Gasteiger partial charge in [-0.2, -0.15) is 0 Å². The van der Waals surface area contributed by atoms with Crippen LogP contribution in [0.2, 0.25) is 0 Å². The second-order valence-electron chi connectivity index (χ2n) is 4.72. The van der Waals surface area contributed by atoms with E-state index in [0.717, 1.165) is 23.6 Å². The van der Waals surface area contributed by atoms with E-state index in [1.807, 2.05) is 27.0 Å². The van der Waals surface area contributed by atoms with Crippen molar-refractivity contribution in [3.05, 3.63) is 48.0 Å². The summed E-state index contributed by atoms with van der Waals surface area (Å²) in [5, 5.41) is 3.21. The van der Waals surface area contributed by atoms with Crippen molar-refractivity contribution in [3.63, 3.8) is 0 Å². The predicted octanol–water partition coefficient (Wildman–Crippen LogP) is 3.87. The molecule has 2 aromatic rings. The van der Waals surface area contributed by atoms with Crippen molar-refractivity contribution in [2.24, 2.45) is 0 Å². The molecular weight excluding hydrogens is 262 g/mol. The molecule has 0 aliphatic rings. The van der Waals surface area contributed by atoms with Crippen LogP contribution >= 0.6 is 0 Å². The first kappa shape index (κ1) is 15.4. The fourth-order valence-corrected chi connectivity index (χ4v) is 2.37. The highest BCUT2D eigenvalue weighted by Crippen LogP contribution is 2.34. The molecule has 21 heavy (non-hydrogen) atoms. The highest BCUT2D eigenvalue weighted by atomic mass is 16.5. The van der Waals surface area contributed by atoms with Gasteiger partial charge >= 0.3 is 0 Å². The third kappa shape index (κ3) is 3.76. The average Bonchev–Trinajstić information content (AvgIpc) is 2.50. The second kappa shape index (κ2) is 7.70. The van der Waals surface area contributed by atoms with Crippen LogP contribution in [-0.4, -0.2) is 20.3 Å². The average molecular weight is 285 g/mol. The smallest absolute Gasteiger partial charge is 0.161 e. The van der Waals surface area contributed by atoms with Crippen molar-refractivity contribution in [1.82, 2.24) is 5.32 Å². The van der Waals surface area contributed by atoms with Crippen LogP contribution in [-0.2, 0) is 6.54 Å². The van der Waals surface area contributed by atoms with Crippen LogP contribution in [0.1, 0.15) is 19.4 Å². The Morgan fingerprint density at radius 2 is 1.62 bits per heavy atom. The summed E-state index contributed by atoms with van der Waals surface area (Å²) in [4.78, 5) is 0. The van der Waals surface area contributed by atoms with Gasteiger partial charge in [-0.05, 0) is 49.7 Å². The summed E-state index contributed by atoms with van der Waals surface area (Å²) < 4.78 is 11.3. The Labute approximate surface area is 126 Å². The SMILES string of the molecule is CCOc1ccc(-c2ccccc2CNC)cc1OCC. The first-order valence-corrected chi connectivity index (χ1v) is 7.42. The number of hydrogen-bond acceptors (Lipinski definition) is 3. The fourth-order valence-electron chi connectivity index (χ4n) is 2.37. The molecule has 3 heteroatoms. The Balaban J connectivity index is 2.42. The maximum Gasteiger partial charge on any atom is 0.161 e. The summed E-state index contributed by atoms with van der Waals surface area (Å²) in [6.45, 7) is 6.06. The van der Waals surface area contributed by atoms with Gasteiger partial charge in [0, 0.05) is 6.54 Å². The van der Waals surface area contributed by atoms with Gasteiger partial charge in [-0.1, -0.05) is 30.3 Å². The summed E-state index contributed by atoms with van der Waals surface area (Å²) in [5.74, 6) is 1.60. The van der Waals surface area contributed by atoms with Crippen LogP contribution in [0.3, 0.4) is 0 Å². The topological polar surface area (TPSA) is 30.5 Å². The fraction of sp³-hybridized carbons (Fsp3) is 0.333. The van der Waals surface area contributed by atoms with Gasteiger partial charge in [-0.25, -0.2) is 0 Å². The second-order valence-corrected chi connectivity index (χ2v) is 4.72. The normalized spacial score (nSPS) is 10.4. The first-order valence-electron chi connectivity index (χ1n) is 7.42. The number of benzene rings is 2. The molecule has 0 bridgehead atoms. The summed E-state index contributed by atoms with van der Waals surface area (Å²) in [6.07, 6.45) is 0. The minimum absolute atomic E-state index is 0.627. The van der Waals surface area contributed by atoms with Crippen molar-refractivity contribution in [2.75, 3.05) is 20.3 Å². The maximum atomic E-state index is 5.71. The van der Waals surface area contributed by atoms with Gasteiger partial charge in [0.25, 0.3) is 0 Å². The van der Waals surface area contributed by atoms with E-state index >= 15 is 0 Å². The van der Waals surface area contributed by atoms with Crippen LogP contribution in [0.15, 0.2) is 42.5 Å². The van der Waals surface area contributed by atoms with Crippen molar-refractivity contribution in [1.29, 1.82) is 0 Å². The van der Waals surface area contributed by atoms with Crippen LogP contribution in [0.25, 0.3) is 11.1 Å². The zero-order valence-corrected chi connectivity index (χ0v) is 13.0. The Bertz CT molecular complexity index is 581. The van der Waals surface area contributed by atoms with Gasteiger partial charge in [0.2, 0.25) is 0 Å². The Morgan fingerprint density at radius 1 is 0.905 bits per heavy atom. The molecule has 0 aliphatic carbocycles. The summed E-state index contributed by atoms with van der Waals surface area (Å²) in [5.41, 5.74) is 3.63. The molecule has 0 atom stereocenters. The molecule has 0 heterocycles. The molecule has 0 radical (unpaired) electrons. The molecule has 3 nitrogen and oxygen atoms in total. The predicted molar refractivity (Wildman–Crippen MR) is 87.0 cm³/mol. The zero-order chi connectivity index (χ0) is 15.1. The van der Waals surface area contributed by atoms with Gasteiger partial charge in [0.1, 0.15) is 0 Å². The highest BCUT2D eigenvalue weighted by molar-refractivity contribution is 5.70. The lowest BCUT2D eigenvalue weighted by atomic mass is 9.99. The summed E-state index contributed by atoms with van der Waals surface area (Å²) in [7, 11) is 1.96. The monoisotopic (exact) mass is 285 g/mol. The molecule has 0 aliphatic heterocycles. The van der Waals surface area contributed by atoms with E-state index in [4.69, 9.17) is 9.47 Å². The Kier molecular flexibility index (Phi) is 5.64. The standard InChI is InChI=1S/C18H23NO2/c1-4-20-17-11-10-14(12-18(17)21-5-2)16-9-7-6-8-15(16)13-19-3/h6-12,19H,4-5,13H2,1-3H3. The van der Waals surface area contributed by atoms with Crippen LogP contribution in [0.5, 0.6) is 11.5 Å². The molecule has 2 aromatic carbocycles. The van der Waals surface area contributed by atoms with Gasteiger partial charge in [-0.3, -0.25) is 0 Å². The molecule has 0 saturated heterocycles. The largest absolute Gasteiger partial charge is 0.490 e. The van der Waals surface area contributed by atoms with E-state index in [1.165, 1.54) is 11.1 Å². The lowest BCUT2D eigenvalue weighted by Gasteiger charge is -2.14. The Morgan fingerprint density at radius 3 is 2.33 bits per heavy atom. The quantitative estimate of drug-likeness (QED) is 0.837. The third-order valence-electron chi connectivity index (χ3n) is 3.24. The zero-order valence-electron chi connectivity index (χ0n) is 13.0. The molecule has 0 fully saturated rings. The van der Waals surface area contributed by atoms with Crippen LogP contribution in [0.4, 0.5) is 0 Å². The molecule has 0 amide bonds. The summed E-state index contributed by atoms with van der Waals surface area (Å²) >= 11 is 0. The van der Waals surface area contributed by atoms with Gasteiger partial charge in [-0.15, -0.1) is 0 Å². The molecule has 0 unspecified atom stereocenters. The lowest BCUT2D eigenvalue weighted by molar-refractivity contribution is 0.288. The van der Waals surface area contributed by atoms with Crippen molar-refractivity contribution in [2.45, 2.75) is 20.4 Å². The van der Waals surface area contributed by atoms with E-state index in [2.05, 4.69) is 41.7 Å². The molecule has 0 saturated carbocycles. The number of hydrogen-bond donors (Lipinski definition) is 1. The summed E-state index contributed by atoms with van der Waals surface area (Å²) in [6, 6.07) is 14.5. The maximum absolute atomic E-state index is 5.71. The number of nitrogens with one attached hydrogen (secondary N) is 1. The minimum atomic E-state index is 0.627. The van der Waals surface area contributed by atoms with Crippen molar-refractivity contribution < 1.29 is 9.47 Å². The van der Waals surface area contributed by atoms with E-state index in [0.29, 0.717) is 13.2 Å².